The van der Waals surface area contributed by atoms with E-state index in [0.29, 0.717) is 0 Å². The molecule has 0 saturated heterocycles. The number of nitrogens with one attached hydrogen (secondary N) is 3. The van der Waals surface area contributed by atoms with Crippen molar-refractivity contribution in [1.82, 2.24) is 20.6 Å². The molecule has 2 amide bonds. The number of hydrogen-bond acceptors (Lipinski definition) is 7. The topological polar surface area (TPSA) is 105 Å². The molecule has 0 spiro atoms. The maximum Gasteiger partial charge on any atom is 0.316 e. The van der Waals surface area contributed by atoms with Gasteiger partial charge in [-0.25, -0.2) is 9.78 Å². The molecule has 114 valence electrons. The Morgan fingerprint density at radius 1 is 1.50 bits per heavy atom. The number of aryl methyl sites for hydroxylation is 1. The zero-order valence-electron chi connectivity index (χ0n) is 11.7. The van der Waals surface area contributed by atoms with Crippen LogP contribution >= 0.6 is 23.1 Å². The van der Waals surface area contributed by atoms with E-state index < -0.39 is 11.1 Å². The van der Waals surface area contributed by atoms with E-state index in [0.717, 1.165) is 22.0 Å². The minimum absolute atomic E-state index is 0.632. The lowest BCUT2D eigenvalue weighted by Gasteiger charge is -2.31. The third kappa shape index (κ3) is 3.00. The van der Waals surface area contributed by atoms with Crippen LogP contribution in [0.15, 0.2) is 35.4 Å². The molecule has 0 bridgehead atoms. The summed E-state index contributed by atoms with van der Waals surface area (Å²) >= 11 is 2.92. The Labute approximate surface area is 135 Å². The molecule has 9 heteroatoms. The molecule has 0 fully saturated rings. The summed E-state index contributed by atoms with van der Waals surface area (Å²) in [7, 11) is 0. The van der Waals surface area contributed by atoms with Crippen LogP contribution in [0.5, 0.6) is 0 Å². The second kappa shape index (κ2) is 5.85. The third-order valence-corrected chi connectivity index (χ3v) is 4.91. The van der Waals surface area contributed by atoms with Crippen molar-refractivity contribution in [3.05, 3.63) is 46.0 Å². The number of aromatic nitrogens is 2. The molecule has 3 rings (SSSR count). The van der Waals surface area contributed by atoms with Gasteiger partial charge in [0.15, 0.2) is 0 Å². The first kappa shape index (κ1) is 14.7. The number of nitrogens with zero attached hydrogens (tertiary/aromatic N) is 2. The predicted octanol–water partition coefficient (Wildman–Crippen LogP) is 1.87. The maximum absolute atomic E-state index is 11.4. The lowest BCUT2D eigenvalue weighted by Crippen LogP contribution is -2.60. The summed E-state index contributed by atoms with van der Waals surface area (Å²) in [5.41, 5.74) is 9.67. The number of rotatable bonds is 4. The van der Waals surface area contributed by atoms with Crippen LogP contribution in [0, 0.1) is 6.92 Å². The van der Waals surface area contributed by atoms with Gasteiger partial charge >= 0.3 is 6.03 Å². The van der Waals surface area contributed by atoms with Gasteiger partial charge in [-0.05, 0) is 19.1 Å². The van der Waals surface area contributed by atoms with Gasteiger partial charge in [0, 0.05) is 11.6 Å². The Hall–Kier alpha value is -2.26. The minimum atomic E-state index is -0.958. The lowest BCUT2D eigenvalue weighted by molar-refractivity contribution is 0.244. The number of urea groups is 1. The fourth-order valence-electron chi connectivity index (χ4n) is 2.03. The van der Waals surface area contributed by atoms with Crippen molar-refractivity contribution >= 4 is 40.5 Å². The Balaban J connectivity index is 1.84. The van der Waals surface area contributed by atoms with E-state index >= 15 is 0 Å². The molecule has 5 N–H and O–H groups in total. The fraction of sp³-hybridized carbons (Fsp3) is 0.154. The number of anilines is 1. The number of pyridine rings is 1. The van der Waals surface area contributed by atoms with Gasteiger partial charge in [-0.15, -0.1) is 11.3 Å². The average molecular weight is 334 g/mol. The number of thioether (sulfide) groups is 1. The molecule has 0 aromatic carbocycles. The molecule has 0 saturated carbocycles. The monoisotopic (exact) mass is 334 g/mol. The highest BCUT2D eigenvalue weighted by Gasteiger charge is 2.37. The highest BCUT2D eigenvalue weighted by molar-refractivity contribution is 8.04. The maximum atomic E-state index is 11.4. The van der Waals surface area contributed by atoms with Crippen molar-refractivity contribution in [1.29, 1.82) is 0 Å². The van der Waals surface area contributed by atoms with Crippen LogP contribution in [0.25, 0.3) is 5.70 Å². The van der Waals surface area contributed by atoms with Gasteiger partial charge in [-0.3, -0.25) is 10.3 Å². The molecule has 0 aliphatic carbocycles. The standard InChI is InChI=1S/C13H14N6OS2/c1-8-11(21-7-16-8)10-6-22-13(18-10,19-12(14)20)17-9-3-2-4-15-5-9/h2-7,17-18H,1H3,(H3,14,19,20). The number of amides is 2. The molecule has 1 aliphatic rings. The first-order valence-electron chi connectivity index (χ1n) is 6.40. The van der Waals surface area contributed by atoms with Gasteiger partial charge in [0.25, 0.3) is 0 Å². The molecule has 1 aliphatic heterocycles. The molecule has 3 heterocycles. The number of primary amides is 1. The fourth-order valence-corrected chi connectivity index (χ4v) is 3.86. The zero-order chi connectivity index (χ0) is 15.6. The van der Waals surface area contributed by atoms with Gasteiger partial charge in [0.05, 0.1) is 33.7 Å². The average Bonchev–Trinajstić information content (AvgIpc) is 3.06. The highest BCUT2D eigenvalue weighted by atomic mass is 32.2. The molecule has 2 aromatic heterocycles. The van der Waals surface area contributed by atoms with Crippen LogP contribution in [0.2, 0.25) is 0 Å². The van der Waals surface area contributed by atoms with Gasteiger partial charge in [-0.2, -0.15) is 0 Å². The van der Waals surface area contributed by atoms with E-state index in [1.807, 2.05) is 24.5 Å². The molecule has 1 unspecified atom stereocenters. The summed E-state index contributed by atoms with van der Waals surface area (Å²) in [6, 6.07) is 3.03. The first-order chi connectivity index (χ1) is 10.6. The smallest absolute Gasteiger partial charge is 0.316 e. The van der Waals surface area contributed by atoms with E-state index in [9.17, 15) is 4.79 Å². The largest absolute Gasteiger partial charge is 0.352 e. The number of nitrogens with two attached hydrogens (primary N) is 1. The summed E-state index contributed by atoms with van der Waals surface area (Å²) in [6.45, 7) is 1.94. The van der Waals surface area contributed by atoms with Crippen molar-refractivity contribution in [2.45, 2.75) is 12.0 Å². The molecule has 1 atom stereocenters. The van der Waals surface area contributed by atoms with Gasteiger partial charge in [0.2, 0.25) is 5.12 Å². The lowest BCUT2D eigenvalue weighted by atomic mass is 10.3. The van der Waals surface area contributed by atoms with Crippen LogP contribution in [0.3, 0.4) is 0 Å². The van der Waals surface area contributed by atoms with Gasteiger partial charge in [0.1, 0.15) is 0 Å². The molecule has 7 nitrogen and oxygen atoms in total. The summed E-state index contributed by atoms with van der Waals surface area (Å²) in [4.78, 5) is 20.7. The van der Waals surface area contributed by atoms with Crippen LogP contribution in [-0.2, 0) is 0 Å². The van der Waals surface area contributed by atoms with Crippen LogP contribution in [0.1, 0.15) is 10.6 Å². The first-order valence-corrected chi connectivity index (χ1v) is 8.16. The van der Waals surface area contributed by atoms with Crippen LogP contribution < -0.4 is 21.7 Å². The Morgan fingerprint density at radius 3 is 3.00 bits per heavy atom. The normalized spacial score (nSPS) is 20.1. The van der Waals surface area contributed by atoms with E-state index in [1.165, 1.54) is 23.1 Å². The van der Waals surface area contributed by atoms with Crippen molar-refractivity contribution in [2.24, 2.45) is 5.73 Å². The van der Waals surface area contributed by atoms with Gasteiger partial charge < -0.3 is 16.4 Å². The number of carbonyl (C=O) groups is 1. The van der Waals surface area contributed by atoms with E-state index in [1.54, 1.807) is 17.9 Å². The van der Waals surface area contributed by atoms with Crippen LogP contribution in [0.4, 0.5) is 10.5 Å². The SMILES string of the molecule is Cc1ncsc1C1=CSC(NC(N)=O)(Nc2cccnc2)N1. The molecule has 0 radical (unpaired) electrons. The minimum Gasteiger partial charge on any atom is -0.352 e. The zero-order valence-corrected chi connectivity index (χ0v) is 13.3. The Morgan fingerprint density at radius 2 is 2.36 bits per heavy atom. The number of carbonyl (C=O) groups excluding carboxylic acids is 1. The summed E-state index contributed by atoms with van der Waals surface area (Å²) in [5, 5.41) is 10.1. The van der Waals surface area contributed by atoms with Crippen molar-refractivity contribution in [3.8, 4) is 0 Å². The Bertz CT molecular complexity index is 716. The van der Waals surface area contributed by atoms with Crippen molar-refractivity contribution in [2.75, 3.05) is 5.32 Å². The second-order valence-corrected chi connectivity index (χ2v) is 6.52. The molecule has 22 heavy (non-hydrogen) atoms. The van der Waals surface area contributed by atoms with Crippen molar-refractivity contribution < 1.29 is 4.79 Å². The highest BCUT2D eigenvalue weighted by Crippen LogP contribution is 2.36. The number of hydrogen-bond donors (Lipinski definition) is 4. The predicted molar refractivity (Wildman–Crippen MR) is 88.9 cm³/mol. The van der Waals surface area contributed by atoms with Gasteiger partial charge in [-0.1, -0.05) is 11.8 Å². The van der Waals surface area contributed by atoms with E-state index in [4.69, 9.17) is 5.73 Å². The summed E-state index contributed by atoms with van der Waals surface area (Å²) in [6.07, 6.45) is 3.35. The Kier molecular flexibility index (Phi) is 3.90. The molecular formula is C13H14N6OS2. The quantitative estimate of drug-likeness (QED) is 0.636. The van der Waals surface area contributed by atoms with E-state index in [2.05, 4.69) is 25.9 Å². The molecular weight excluding hydrogens is 320 g/mol. The second-order valence-electron chi connectivity index (χ2n) is 4.58. The summed E-state index contributed by atoms with van der Waals surface area (Å²) in [5.74, 6) is 0. The summed E-state index contributed by atoms with van der Waals surface area (Å²) < 4.78 is 0. The number of thiazole rings is 1. The molecule has 2 aromatic rings. The van der Waals surface area contributed by atoms with E-state index in [-0.39, 0.29) is 0 Å². The third-order valence-electron chi connectivity index (χ3n) is 2.94. The van der Waals surface area contributed by atoms with Crippen LogP contribution in [-0.4, -0.2) is 21.1 Å². The van der Waals surface area contributed by atoms with Crippen molar-refractivity contribution in [3.63, 3.8) is 0 Å².